The molecule has 0 atom stereocenters. The van der Waals surface area contributed by atoms with Gasteiger partial charge in [-0.1, -0.05) is 0 Å². The maximum atomic E-state index is 5.70. The first-order valence-corrected chi connectivity index (χ1v) is 4.39. The van der Waals surface area contributed by atoms with Crippen LogP contribution in [0.1, 0.15) is 5.69 Å². The van der Waals surface area contributed by atoms with Crippen LogP contribution in [0.3, 0.4) is 0 Å². The summed E-state index contributed by atoms with van der Waals surface area (Å²) in [6, 6.07) is 3.61. The number of benzene rings is 1. The van der Waals surface area contributed by atoms with Gasteiger partial charge in [-0.25, -0.2) is 0 Å². The zero-order valence-corrected chi connectivity index (χ0v) is 8.52. The van der Waals surface area contributed by atoms with E-state index in [2.05, 4.69) is 10.2 Å². The molecule has 1 aromatic carbocycles. The first-order chi connectivity index (χ1) is 7.26. The van der Waals surface area contributed by atoms with E-state index in [-0.39, 0.29) is 0 Å². The zero-order valence-electron chi connectivity index (χ0n) is 8.52. The van der Waals surface area contributed by atoms with Crippen LogP contribution in [-0.2, 0) is 0 Å². The standard InChI is InChI=1S/C11H10N2O2/c1-7-9-5-11(15-3)10(14-2)4-8(9)6-12-13-7/h1,4-6H,2-3H3. The summed E-state index contributed by atoms with van der Waals surface area (Å²) in [5, 5.41) is 9.22. The van der Waals surface area contributed by atoms with Crippen LogP contribution < -0.4 is 9.47 Å². The van der Waals surface area contributed by atoms with Crippen molar-refractivity contribution in [2.24, 2.45) is 0 Å². The maximum absolute atomic E-state index is 5.70. The van der Waals surface area contributed by atoms with Gasteiger partial charge in [0.25, 0.3) is 0 Å². The van der Waals surface area contributed by atoms with Crippen LogP contribution in [0.5, 0.6) is 11.5 Å². The summed E-state index contributed by atoms with van der Waals surface area (Å²) >= 11 is 0. The molecule has 2 rings (SSSR count). The van der Waals surface area contributed by atoms with E-state index >= 15 is 0 Å². The molecule has 4 heteroatoms. The van der Waals surface area contributed by atoms with Gasteiger partial charge in [0.1, 0.15) is 0 Å². The molecule has 76 valence electrons. The van der Waals surface area contributed by atoms with Crippen molar-refractivity contribution in [1.82, 2.24) is 10.2 Å². The topological polar surface area (TPSA) is 44.2 Å². The predicted octanol–water partition coefficient (Wildman–Crippen LogP) is 1.71. The Hall–Kier alpha value is -1.84. The molecule has 0 aliphatic rings. The summed E-state index contributed by atoms with van der Waals surface area (Å²) in [5.41, 5.74) is 0.383. The summed E-state index contributed by atoms with van der Waals surface area (Å²) in [6.07, 6.45) is 1.63. The van der Waals surface area contributed by atoms with E-state index in [0.29, 0.717) is 17.2 Å². The molecule has 4 nitrogen and oxygen atoms in total. The lowest BCUT2D eigenvalue weighted by Gasteiger charge is -2.09. The van der Waals surface area contributed by atoms with Gasteiger partial charge in [-0.2, -0.15) is 10.2 Å². The molecular weight excluding hydrogens is 192 g/mol. The van der Waals surface area contributed by atoms with E-state index in [1.165, 1.54) is 0 Å². The first kappa shape index (κ1) is 9.71. The Morgan fingerprint density at radius 3 is 2.47 bits per heavy atom. The Bertz CT molecular complexity index is 497. The lowest BCUT2D eigenvalue weighted by atomic mass is 10.1. The van der Waals surface area contributed by atoms with Crippen molar-refractivity contribution < 1.29 is 9.47 Å². The van der Waals surface area contributed by atoms with E-state index in [1.807, 2.05) is 6.07 Å². The number of rotatable bonds is 2. The molecule has 1 aromatic heterocycles. The molecule has 0 saturated carbocycles. The average Bonchev–Trinajstić information content (AvgIpc) is 2.28. The second-order valence-corrected chi connectivity index (χ2v) is 3.02. The minimum atomic E-state index is 0.383. The fourth-order valence-electron chi connectivity index (χ4n) is 1.43. The van der Waals surface area contributed by atoms with E-state index in [4.69, 9.17) is 16.4 Å². The molecule has 0 unspecified atom stereocenters. The van der Waals surface area contributed by atoms with Crippen LogP contribution in [-0.4, -0.2) is 24.4 Å². The van der Waals surface area contributed by atoms with Crippen LogP contribution >= 0.6 is 0 Å². The molecule has 0 fully saturated rings. The quantitative estimate of drug-likeness (QED) is 0.743. The Morgan fingerprint density at radius 1 is 1.13 bits per heavy atom. The Morgan fingerprint density at radius 2 is 1.80 bits per heavy atom. The number of hydrogen-bond donors (Lipinski definition) is 0. The van der Waals surface area contributed by atoms with E-state index in [9.17, 15) is 0 Å². The Labute approximate surface area is 87.8 Å². The normalized spacial score (nSPS) is 10.3. The van der Waals surface area contributed by atoms with Crippen molar-refractivity contribution in [3.05, 3.63) is 30.9 Å². The molecule has 0 aliphatic carbocycles. The summed E-state index contributed by atoms with van der Waals surface area (Å²) in [5.74, 6) is 1.28. The highest BCUT2D eigenvalue weighted by molar-refractivity contribution is 5.87. The van der Waals surface area contributed by atoms with Gasteiger partial charge in [0.2, 0.25) is 0 Å². The number of nitrogens with zero attached hydrogens (tertiary/aromatic N) is 2. The van der Waals surface area contributed by atoms with Gasteiger partial charge in [-0.3, -0.25) is 0 Å². The maximum Gasteiger partial charge on any atom is 0.161 e. The predicted molar refractivity (Wildman–Crippen MR) is 56.0 cm³/mol. The van der Waals surface area contributed by atoms with Crippen molar-refractivity contribution in [1.29, 1.82) is 0 Å². The van der Waals surface area contributed by atoms with Crippen molar-refractivity contribution in [2.75, 3.05) is 14.2 Å². The SMILES string of the molecule is [CH]c1nncc2cc(OC)c(OC)cc12. The number of hydrogen-bond acceptors (Lipinski definition) is 4. The number of fused-ring (bicyclic) bond motifs is 1. The van der Waals surface area contributed by atoms with Gasteiger partial charge >= 0.3 is 0 Å². The molecule has 2 aromatic rings. The summed E-state index contributed by atoms with van der Waals surface area (Å²) in [7, 11) is 3.16. The van der Waals surface area contributed by atoms with Gasteiger partial charge < -0.3 is 9.47 Å². The fourth-order valence-corrected chi connectivity index (χ4v) is 1.43. The summed E-state index contributed by atoms with van der Waals surface area (Å²) in [6.45, 7) is 5.70. The monoisotopic (exact) mass is 202 g/mol. The van der Waals surface area contributed by atoms with Crippen LogP contribution in [0.2, 0.25) is 0 Å². The van der Waals surface area contributed by atoms with Crippen LogP contribution in [0.15, 0.2) is 18.3 Å². The van der Waals surface area contributed by atoms with Gasteiger partial charge in [0, 0.05) is 17.7 Å². The Balaban J connectivity index is 2.75. The number of methoxy groups -OCH3 is 2. The van der Waals surface area contributed by atoms with E-state index < -0.39 is 0 Å². The highest BCUT2D eigenvalue weighted by Gasteiger charge is 2.07. The first-order valence-electron chi connectivity index (χ1n) is 4.39. The third-order valence-electron chi connectivity index (χ3n) is 2.19. The fraction of sp³-hybridized carbons (Fsp3) is 0.182. The smallest absolute Gasteiger partial charge is 0.161 e. The summed E-state index contributed by atoms with van der Waals surface area (Å²) < 4.78 is 10.3. The molecule has 1 heterocycles. The lowest BCUT2D eigenvalue weighted by molar-refractivity contribution is 0.356. The zero-order chi connectivity index (χ0) is 10.8. The molecule has 15 heavy (non-hydrogen) atoms. The van der Waals surface area contributed by atoms with Crippen molar-refractivity contribution in [3.63, 3.8) is 0 Å². The van der Waals surface area contributed by atoms with Crippen LogP contribution in [0.4, 0.5) is 0 Å². The minimum absolute atomic E-state index is 0.383. The van der Waals surface area contributed by atoms with Gasteiger partial charge in [-0.15, -0.1) is 0 Å². The minimum Gasteiger partial charge on any atom is -0.493 e. The van der Waals surface area contributed by atoms with Gasteiger partial charge in [0.05, 0.1) is 26.1 Å². The summed E-state index contributed by atoms with van der Waals surface area (Å²) in [4.78, 5) is 0. The second kappa shape index (κ2) is 3.73. The molecule has 0 amide bonds. The lowest BCUT2D eigenvalue weighted by Crippen LogP contribution is -1.93. The molecular formula is C11H10N2O2. The second-order valence-electron chi connectivity index (χ2n) is 3.02. The number of ether oxygens (including phenoxy) is 2. The van der Waals surface area contributed by atoms with Crippen LogP contribution in [0, 0.1) is 6.92 Å². The highest BCUT2D eigenvalue weighted by Crippen LogP contribution is 2.32. The van der Waals surface area contributed by atoms with E-state index in [0.717, 1.165) is 10.8 Å². The highest BCUT2D eigenvalue weighted by atomic mass is 16.5. The van der Waals surface area contributed by atoms with Crippen molar-refractivity contribution in [3.8, 4) is 11.5 Å². The average molecular weight is 202 g/mol. The van der Waals surface area contributed by atoms with E-state index in [1.54, 1.807) is 26.5 Å². The molecule has 0 spiro atoms. The third kappa shape index (κ3) is 1.58. The van der Waals surface area contributed by atoms with Gasteiger partial charge in [0.15, 0.2) is 11.5 Å². The molecule has 0 bridgehead atoms. The van der Waals surface area contributed by atoms with Crippen molar-refractivity contribution in [2.45, 2.75) is 0 Å². The van der Waals surface area contributed by atoms with Gasteiger partial charge in [-0.05, 0) is 12.1 Å². The number of aromatic nitrogens is 2. The molecule has 2 radical (unpaired) electrons. The molecule has 0 aliphatic heterocycles. The van der Waals surface area contributed by atoms with Crippen molar-refractivity contribution >= 4 is 10.8 Å². The molecule has 0 saturated heterocycles. The van der Waals surface area contributed by atoms with Crippen LogP contribution in [0.25, 0.3) is 10.8 Å². The Kier molecular flexibility index (Phi) is 2.41. The largest absolute Gasteiger partial charge is 0.493 e. The third-order valence-corrected chi connectivity index (χ3v) is 2.19. The molecule has 0 N–H and O–H groups in total.